The average Bonchev–Trinajstić information content (AvgIpc) is 3.00. The number of nitrogen functional groups attached to an aromatic ring is 1. The van der Waals surface area contributed by atoms with Gasteiger partial charge >= 0.3 is 4.87 Å². The zero-order valence-corrected chi connectivity index (χ0v) is 13.8. The van der Waals surface area contributed by atoms with Crippen molar-refractivity contribution in [3.63, 3.8) is 0 Å². The van der Waals surface area contributed by atoms with Gasteiger partial charge in [-0.05, 0) is 12.0 Å². The lowest BCUT2D eigenvalue weighted by molar-refractivity contribution is -0.0159. The lowest BCUT2D eigenvalue weighted by Gasteiger charge is -2.16. The third-order valence-electron chi connectivity index (χ3n) is 3.36. The predicted molar refractivity (Wildman–Crippen MR) is 85.3 cm³/mol. The Balaban J connectivity index is 2.14. The molecule has 2 aromatic rings. The van der Waals surface area contributed by atoms with Gasteiger partial charge in [0.15, 0.2) is 5.65 Å². The van der Waals surface area contributed by atoms with Crippen LogP contribution in [0.15, 0.2) is 14.7 Å². The maximum atomic E-state index is 12.3. The summed E-state index contributed by atoms with van der Waals surface area (Å²) in [6, 6.07) is -0.634. The number of nitrogens with one attached hydrogen (secondary N) is 1. The van der Waals surface area contributed by atoms with Gasteiger partial charge in [-0.3, -0.25) is 19.1 Å². The number of azide groups is 1. The summed E-state index contributed by atoms with van der Waals surface area (Å²) >= 11 is 3.56. The predicted octanol–water partition coefficient (Wildman–Crippen LogP) is 1.02. The number of ether oxygens (including phenoxy) is 1. The van der Waals surface area contributed by atoms with E-state index in [9.17, 15) is 9.59 Å². The molecule has 23 heavy (non-hydrogen) atoms. The molecule has 13 heteroatoms. The van der Waals surface area contributed by atoms with Crippen LogP contribution in [0.2, 0.25) is 0 Å². The van der Waals surface area contributed by atoms with Crippen molar-refractivity contribution in [2.45, 2.75) is 24.8 Å². The molecule has 3 atom stereocenters. The van der Waals surface area contributed by atoms with E-state index in [1.165, 1.54) is 4.57 Å². The second kappa shape index (κ2) is 6.29. The first-order chi connectivity index (χ1) is 11.0. The summed E-state index contributed by atoms with van der Waals surface area (Å²) in [5.41, 5.74) is 13.9. The third-order valence-corrected chi connectivity index (χ3v) is 4.57. The molecule has 0 radical (unpaired) electrons. The first-order valence-electron chi connectivity index (χ1n) is 6.39. The van der Waals surface area contributed by atoms with Gasteiger partial charge in [0.05, 0.1) is 35.0 Å². The van der Waals surface area contributed by atoms with Crippen LogP contribution in [-0.4, -0.2) is 33.3 Å². The van der Waals surface area contributed by atoms with Crippen LogP contribution in [-0.2, 0) is 8.57 Å². The number of aromatic nitrogens is 3. The van der Waals surface area contributed by atoms with Crippen LogP contribution in [0, 0.1) is 0 Å². The van der Waals surface area contributed by atoms with Crippen LogP contribution >= 0.6 is 27.6 Å². The number of fused-ring (bicyclic) bond motifs is 1. The van der Waals surface area contributed by atoms with Crippen molar-refractivity contribution in [1.82, 2.24) is 14.5 Å². The number of halogens is 1. The molecule has 0 aliphatic carbocycles. The summed E-state index contributed by atoms with van der Waals surface area (Å²) in [6.45, 7) is 0.209. The Morgan fingerprint density at radius 3 is 3.13 bits per heavy atom. The minimum absolute atomic E-state index is 0.102. The molecule has 3 rings (SSSR count). The van der Waals surface area contributed by atoms with Gasteiger partial charge in [0, 0.05) is 4.91 Å². The minimum atomic E-state index is -0.881. The van der Waals surface area contributed by atoms with E-state index < -0.39 is 22.7 Å². The quantitative estimate of drug-likeness (QED) is 0.439. The summed E-state index contributed by atoms with van der Waals surface area (Å²) in [7, 11) is 0. The minimum Gasteiger partial charge on any atom is -0.369 e. The fourth-order valence-electron chi connectivity index (χ4n) is 2.48. The highest BCUT2D eigenvalue weighted by atomic mass is 79.9. The number of H-pyrrole nitrogens is 1. The van der Waals surface area contributed by atoms with E-state index in [2.05, 4.69) is 36.3 Å². The first kappa shape index (κ1) is 16.0. The van der Waals surface area contributed by atoms with Gasteiger partial charge in [-0.1, -0.05) is 16.5 Å². The van der Waals surface area contributed by atoms with E-state index in [1.54, 1.807) is 0 Å². The van der Waals surface area contributed by atoms with E-state index in [1.807, 2.05) is 0 Å². The standard InChI is InChI=1S/C10H10BrN7O4S/c11-21-2-3-1-4(16-17-13)8(22-3)18-6-5(23-10(18)20)7(19)15-9(12)14-6/h3-4,8H,1-2H2,(H3,12,14,15,19)/t3-,4+,8+/m0/s1. The summed E-state index contributed by atoms with van der Waals surface area (Å²) in [5, 5.41) is 3.67. The van der Waals surface area contributed by atoms with Crippen LogP contribution in [0.25, 0.3) is 20.8 Å². The zero-order valence-electron chi connectivity index (χ0n) is 11.4. The number of thiazole rings is 1. The number of nitrogens with two attached hydrogens (primary N) is 1. The molecule has 1 saturated heterocycles. The molecule has 122 valence electrons. The maximum Gasteiger partial charge on any atom is 0.311 e. The number of anilines is 1. The number of nitrogens with zero attached hydrogens (tertiary/aromatic N) is 5. The van der Waals surface area contributed by atoms with Crippen molar-refractivity contribution >= 4 is 43.9 Å². The highest BCUT2D eigenvalue weighted by Gasteiger charge is 2.38. The Morgan fingerprint density at radius 2 is 2.43 bits per heavy atom. The van der Waals surface area contributed by atoms with Crippen molar-refractivity contribution in [3.8, 4) is 0 Å². The van der Waals surface area contributed by atoms with Crippen molar-refractivity contribution < 1.29 is 8.57 Å². The van der Waals surface area contributed by atoms with Crippen LogP contribution < -0.4 is 16.2 Å². The summed E-state index contributed by atoms with van der Waals surface area (Å²) in [6.07, 6.45) is -0.896. The molecule has 0 spiro atoms. The normalized spacial score (nSPS) is 24.0. The first-order valence-corrected chi connectivity index (χ1v) is 7.85. The molecule has 2 aromatic heterocycles. The van der Waals surface area contributed by atoms with E-state index >= 15 is 0 Å². The topological polar surface area (TPSA) is 161 Å². The third kappa shape index (κ3) is 2.84. The number of aromatic amines is 1. The fraction of sp³-hybridized carbons (Fsp3) is 0.500. The average molecular weight is 404 g/mol. The lowest BCUT2D eigenvalue weighted by Crippen LogP contribution is -2.26. The Hall–Kier alpha value is -1.92. The van der Waals surface area contributed by atoms with Gasteiger partial charge in [0.2, 0.25) is 5.95 Å². The van der Waals surface area contributed by atoms with Gasteiger partial charge in [-0.2, -0.15) is 4.98 Å². The highest BCUT2D eigenvalue weighted by molar-refractivity contribution is 9.06. The van der Waals surface area contributed by atoms with Gasteiger partial charge < -0.3 is 14.3 Å². The van der Waals surface area contributed by atoms with Crippen molar-refractivity contribution in [2.24, 2.45) is 5.11 Å². The van der Waals surface area contributed by atoms with Gasteiger partial charge in [0.1, 0.15) is 10.9 Å². The van der Waals surface area contributed by atoms with E-state index in [0.29, 0.717) is 6.42 Å². The molecule has 0 aromatic carbocycles. The van der Waals surface area contributed by atoms with Crippen LogP contribution in [0.5, 0.6) is 0 Å². The monoisotopic (exact) mass is 403 g/mol. The van der Waals surface area contributed by atoms with Gasteiger partial charge in [0.25, 0.3) is 5.56 Å². The molecular formula is C10H10BrN7O4S. The molecule has 11 nitrogen and oxygen atoms in total. The van der Waals surface area contributed by atoms with Crippen LogP contribution in [0.4, 0.5) is 5.95 Å². The summed E-state index contributed by atoms with van der Waals surface area (Å²) in [5.74, 6) is -0.118. The fourth-order valence-corrected chi connectivity index (χ4v) is 3.62. The number of hydrogen-bond acceptors (Lipinski definition) is 8. The van der Waals surface area contributed by atoms with Crippen molar-refractivity contribution in [2.75, 3.05) is 12.3 Å². The molecule has 0 amide bonds. The van der Waals surface area contributed by atoms with Gasteiger partial charge in [-0.15, -0.1) is 0 Å². The Kier molecular flexibility index (Phi) is 4.37. The molecule has 1 fully saturated rings. The highest BCUT2D eigenvalue weighted by Crippen LogP contribution is 2.33. The SMILES string of the molecule is [N-]=[N+]=N[C@@H]1C[C@@H](COBr)O[C@H]1n1c(=O)sc2c(=O)[nH]c(N)nc21. The summed E-state index contributed by atoms with van der Waals surface area (Å²) in [4.78, 5) is 32.9. The van der Waals surface area contributed by atoms with Crippen LogP contribution in [0.1, 0.15) is 12.6 Å². The molecule has 0 saturated carbocycles. The Labute approximate surface area is 140 Å². The van der Waals surface area contributed by atoms with E-state index in [0.717, 1.165) is 11.3 Å². The maximum absolute atomic E-state index is 12.3. The van der Waals surface area contributed by atoms with Crippen LogP contribution in [0.3, 0.4) is 0 Å². The van der Waals surface area contributed by atoms with Crippen molar-refractivity contribution in [3.05, 3.63) is 30.5 Å². The zero-order chi connectivity index (χ0) is 16.6. The molecule has 0 unspecified atom stereocenters. The smallest absolute Gasteiger partial charge is 0.311 e. The van der Waals surface area contributed by atoms with E-state index in [4.69, 9.17) is 19.8 Å². The molecule has 1 aliphatic rings. The molecular weight excluding hydrogens is 394 g/mol. The second-order valence-corrected chi connectivity index (χ2v) is 6.19. The Morgan fingerprint density at radius 1 is 1.65 bits per heavy atom. The number of rotatable bonds is 4. The van der Waals surface area contributed by atoms with E-state index in [-0.39, 0.29) is 29.0 Å². The molecule has 1 aliphatic heterocycles. The van der Waals surface area contributed by atoms with Crippen molar-refractivity contribution in [1.29, 1.82) is 0 Å². The second-order valence-electron chi connectivity index (χ2n) is 4.77. The van der Waals surface area contributed by atoms with Gasteiger partial charge in [-0.25, -0.2) is 0 Å². The lowest BCUT2D eigenvalue weighted by atomic mass is 10.2. The molecule has 3 N–H and O–H groups in total. The summed E-state index contributed by atoms with van der Waals surface area (Å²) < 4.78 is 11.9. The molecule has 3 heterocycles. The Bertz CT molecular complexity index is 901. The molecule has 0 bridgehead atoms. The number of hydrogen-bond donors (Lipinski definition) is 2. The largest absolute Gasteiger partial charge is 0.369 e.